The maximum absolute atomic E-state index is 5.57. The molecule has 0 unspecified atom stereocenters. The molecule has 4 rings (SSSR count). The third kappa shape index (κ3) is 3.24. The van der Waals surface area contributed by atoms with Crippen molar-refractivity contribution in [2.24, 2.45) is 0 Å². The van der Waals surface area contributed by atoms with E-state index in [2.05, 4.69) is 41.3 Å². The van der Waals surface area contributed by atoms with Crippen molar-refractivity contribution in [1.29, 1.82) is 0 Å². The van der Waals surface area contributed by atoms with Crippen LogP contribution in [0.5, 0.6) is 0 Å². The topological polar surface area (TPSA) is 104 Å². The lowest BCUT2D eigenvalue weighted by molar-refractivity contribution is 0.463. The van der Waals surface area contributed by atoms with E-state index in [0.717, 1.165) is 5.56 Å². The number of hydrogen-bond acceptors (Lipinski definition) is 9. The molecule has 120 valence electrons. The van der Waals surface area contributed by atoms with E-state index >= 15 is 0 Å². The van der Waals surface area contributed by atoms with Gasteiger partial charge in [-0.15, -0.1) is 20.4 Å². The fourth-order valence-electron chi connectivity index (χ4n) is 1.84. The van der Waals surface area contributed by atoms with Crippen LogP contribution < -0.4 is 0 Å². The third-order valence-electron chi connectivity index (χ3n) is 2.88. The molecule has 4 heterocycles. The Morgan fingerprint density at radius 2 is 1.88 bits per heavy atom. The zero-order chi connectivity index (χ0) is 16.4. The van der Waals surface area contributed by atoms with Crippen LogP contribution in [-0.4, -0.2) is 25.4 Å². The molecule has 8 nitrogen and oxygen atoms in total. The van der Waals surface area contributed by atoms with Crippen molar-refractivity contribution in [3.05, 3.63) is 47.2 Å². The second-order valence-corrected chi connectivity index (χ2v) is 6.22. The maximum atomic E-state index is 5.57. The minimum atomic E-state index is 0.317. The predicted octanol–water partition coefficient (Wildman–Crippen LogP) is 3.83. The summed E-state index contributed by atoms with van der Waals surface area (Å²) in [5, 5.41) is 16.3. The Balaban J connectivity index is 1.42. The molecular formula is C14H8BrN5O3S. The molecule has 0 amide bonds. The number of pyridine rings is 1. The lowest BCUT2D eigenvalue weighted by Crippen LogP contribution is -1.80. The number of hydrogen-bond donors (Lipinski definition) is 0. The molecule has 4 aromatic heterocycles. The number of aromatic nitrogens is 5. The van der Waals surface area contributed by atoms with Gasteiger partial charge in [-0.25, -0.2) is 0 Å². The Hall–Kier alpha value is -2.46. The van der Waals surface area contributed by atoms with Crippen molar-refractivity contribution >= 4 is 27.7 Å². The van der Waals surface area contributed by atoms with Gasteiger partial charge in [-0.2, -0.15) is 0 Å². The number of furan rings is 1. The van der Waals surface area contributed by atoms with Crippen LogP contribution in [0.15, 0.2) is 59.8 Å². The van der Waals surface area contributed by atoms with Crippen LogP contribution in [0.3, 0.4) is 0 Å². The van der Waals surface area contributed by atoms with Crippen LogP contribution in [0.25, 0.3) is 23.1 Å². The van der Waals surface area contributed by atoms with Gasteiger partial charge in [-0.3, -0.25) is 4.98 Å². The number of thioether (sulfide) groups is 1. The van der Waals surface area contributed by atoms with Crippen LogP contribution in [-0.2, 0) is 5.75 Å². The van der Waals surface area contributed by atoms with Crippen LogP contribution in [0, 0.1) is 0 Å². The van der Waals surface area contributed by atoms with Crippen molar-refractivity contribution in [3.63, 3.8) is 0 Å². The average Bonchev–Trinajstić information content (AvgIpc) is 3.34. The summed E-state index contributed by atoms with van der Waals surface area (Å²) in [5.74, 6) is 2.07. The minimum Gasteiger partial charge on any atom is -0.444 e. The van der Waals surface area contributed by atoms with Crippen molar-refractivity contribution in [1.82, 2.24) is 25.4 Å². The fraction of sp³-hybridized carbons (Fsp3) is 0.0714. The van der Waals surface area contributed by atoms with Crippen LogP contribution in [0.1, 0.15) is 5.89 Å². The van der Waals surface area contributed by atoms with E-state index in [1.807, 2.05) is 6.07 Å². The molecule has 0 spiro atoms. The van der Waals surface area contributed by atoms with Crippen LogP contribution >= 0.6 is 27.7 Å². The van der Waals surface area contributed by atoms with E-state index in [-0.39, 0.29) is 0 Å². The average molecular weight is 406 g/mol. The van der Waals surface area contributed by atoms with Gasteiger partial charge in [0.15, 0.2) is 10.4 Å². The van der Waals surface area contributed by atoms with E-state index < -0.39 is 0 Å². The molecule has 0 fully saturated rings. The Morgan fingerprint density at radius 3 is 2.67 bits per heavy atom. The molecule has 0 aliphatic rings. The Bertz CT molecular complexity index is 952. The summed E-state index contributed by atoms with van der Waals surface area (Å²) in [7, 11) is 0. The van der Waals surface area contributed by atoms with E-state index in [0.29, 0.717) is 39.1 Å². The number of halogens is 1. The summed E-state index contributed by atoms with van der Waals surface area (Å²) in [6.45, 7) is 0. The highest BCUT2D eigenvalue weighted by Crippen LogP contribution is 2.27. The number of nitrogens with zero attached hydrogens (tertiary/aromatic N) is 5. The minimum absolute atomic E-state index is 0.317. The highest BCUT2D eigenvalue weighted by molar-refractivity contribution is 9.10. The summed E-state index contributed by atoms with van der Waals surface area (Å²) < 4.78 is 17.1. The first kappa shape index (κ1) is 15.1. The monoisotopic (exact) mass is 405 g/mol. The largest absolute Gasteiger partial charge is 0.444 e. The molecule has 0 radical (unpaired) electrons. The van der Waals surface area contributed by atoms with E-state index in [1.54, 1.807) is 30.6 Å². The zero-order valence-electron chi connectivity index (χ0n) is 11.9. The zero-order valence-corrected chi connectivity index (χ0v) is 14.3. The quantitative estimate of drug-likeness (QED) is 0.457. The number of rotatable bonds is 5. The van der Waals surface area contributed by atoms with Gasteiger partial charge in [-0.05, 0) is 40.2 Å². The second kappa shape index (κ2) is 6.57. The van der Waals surface area contributed by atoms with Crippen molar-refractivity contribution in [2.45, 2.75) is 11.0 Å². The first-order valence-corrected chi connectivity index (χ1v) is 8.50. The summed E-state index contributed by atoms with van der Waals surface area (Å²) >= 11 is 4.53. The lowest BCUT2D eigenvalue weighted by Gasteiger charge is -1.92. The van der Waals surface area contributed by atoms with Crippen molar-refractivity contribution < 1.29 is 13.3 Å². The standard InChI is InChI=1S/C14H8BrN5O3S/c15-10-4-3-9(21-10)13-19-17-11(22-13)7-24-14-20-18-12(23-14)8-2-1-5-16-6-8/h1-6H,7H2. The van der Waals surface area contributed by atoms with E-state index in [1.165, 1.54) is 11.8 Å². The first-order valence-electron chi connectivity index (χ1n) is 6.73. The fourth-order valence-corrected chi connectivity index (χ4v) is 2.74. The smallest absolute Gasteiger partial charge is 0.283 e. The first-order chi connectivity index (χ1) is 11.8. The highest BCUT2D eigenvalue weighted by Gasteiger charge is 2.14. The predicted molar refractivity (Wildman–Crippen MR) is 86.8 cm³/mol. The summed E-state index contributed by atoms with van der Waals surface area (Å²) in [5.41, 5.74) is 0.764. The molecule has 0 saturated carbocycles. The molecule has 0 aromatic carbocycles. The Morgan fingerprint density at radius 1 is 0.958 bits per heavy atom. The Labute approximate surface area is 147 Å². The molecule has 0 saturated heterocycles. The van der Waals surface area contributed by atoms with Gasteiger partial charge >= 0.3 is 0 Å². The molecule has 24 heavy (non-hydrogen) atoms. The van der Waals surface area contributed by atoms with Gasteiger partial charge in [0.2, 0.25) is 11.8 Å². The SMILES string of the molecule is Brc1ccc(-c2nnc(CSc3nnc(-c4cccnc4)o3)o2)o1. The second-order valence-electron chi connectivity index (χ2n) is 4.51. The van der Waals surface area contributed by atoms with E-state index in [9.17, 15) is 0 Å². The normalized spacial score (nSPS) is 11.0. The Kier molecular flexibility index (Phi) is 4.13. The van der Waals surface area contributed by atoms with Gasteiger partial charge in [-0.1, -0.05) is 11.8 Å². The highest BCUT2D eigenvalue weighted by atomic mass is 79.9. The molecular weight excluding hydrogens is 398 g/mol. The maximum Gasteiger partial charge on any atom is 0.283 e. The lowest BCUT2D eigenvalue weighted by atomic mass is 10.3. The van der Waals surface area contributed by atoms with Gasteiger partial charge < -0.3 is 13.3 Å². The molecule has 0 N–H and O–H groups in total. The molecule has 0 bridgehead atoms. The molecule has 10 heteroatoms. The van der Waals surface area contributed by atoms with Crippen molar-refractivity contribution in [3.8, 4) is 23.1 Å². The third-order valence-corrected chi connectivity index (χ3v) is 4.11. The van der Waals surface area contributed by atoms with Crippen LogP contribution in [0.2, 0.25) is 0 Å². The molecule has 4 aromatic rings. The van der Waals surface area contributed by atoms with Gasteiger partial charge in [0.1, 0.15) is 0 Å². The van der Waals surface area contributed by atoms with Gasteiger partial charge in [0.05, 0.1) is 11.3 Å². The van der Waals surface area contributed by atoms with Crippen molar-refractivity contribution in [2.75, 3.05) is 0 Å². The van der Waals surface area contributed by atoms with Gasteiger partial charge in [0, 0.05) is 12.4 Å². The molecule has 0 atom stereocenters. The summed E-state index contributed by atoms with van der Waals surface area (Å²) in [4.78, 5) is 4.02. The summed E-state index contributed by atoms with van der Waals surface area (Å²) in [6, 6.07) is 7.15. The van der Waals surface area contributed by atoms with Crippen LogP contribution in [0.4, 0.5) is 0 Å². The van der Waals surface area contributed by atoms with E-state index in [4.69, 9.17) is 13.3 Å². The summed E-state index contributed by atoms with van der Waals surface area (Å²) in [6.07, 6.45) is 3.34. The molecule has 0 aliphatic carbocycles. The molecule has 0 aliphatic heterocycles. The van der Waals surface area contributed by atoms with Gasteiger partial charge in [0.25, 0.3) is 11.1 Å².